The fraction of sp³-hybridized carbons (Fsp3) is 0.667. The minimum Gasteiger partial charge on any atom is -0.618 e. The van der Waals surface area contributed by atoms with Crippen LogP contribution in [0.2, 0.25) is 5.15 Å². The molecule has 1 aromatic heterocycles. The summed E-state index contributed by atoms with van der Waals surface area (Å²) in [6, 6.07) is 0. The molecule has 90 valence electrons. The van der Waals surface area contributed by atoms with Crippen molar-refractivity contribution in [1.29, 1.82) is 0 Å². The highest BCUT2D eigenvalue weighted by atomic mass is 35.5. The van der Waals surface area contributed by atoms with Gasteiger partial charge in [-0.15, -0.1) is 0 Å². The summed E-state index contributed by atoms with van der Waals surface area (Å²) in [7, 11) is 0. The number of hydrogen-bond acceptors (Lipinski definition) is 2. The molecule has 0 fully saturated rings. The van der Waals surface area contributed by atoms with Crippen LogP contribution in [0.4, 0.5) is 0 Å². The van der Waals surface area contributed by atoms with Gasteiger partial charge in [0.25, 0.3) is 0 Å². The number of halogens is 1. The number of aromatic nitrogens is 2. The first-order valence-corrected chi connectivity index (χ1v) is 6.05. The highest BCUT2D eigenvalue weighted by Gasteiger charge is 2.16. The van der Waals surface area contributed by atoms with Gasteiger partial charge in [0.05, 0.1) is 0 Å². The van der Waals surface area contributed by atoms with Crippen LogP contribution in [0, 0.1) is 17.0 Å². The van der Waals surface area contributed by atoms with Crippen LogP contribution < -0.4 is 4.73 Å². The third-order valence-corrected chi connectivity index (χ3v) is 2.53. The number of hydrogen-bond donors (Lipinski definition) is 0. The van der Waals surface area contributed by atoms with Crippen molar-refractivity contribution in [3.8, 4) is 0 Å². The van der Waals surface area contributed by atoms with E-state index in [9.17, 15) is 5.21 Å². The zero-order valence-corrected chi connectivity index (χ0v) is 11.1. The predicted molar refractivity (Wildman–Crippen MR) is 65.3 cm³/mol. The Balaban J connectivity index is 2.98. The molecule has 0 aliphatic carbocycles. The van der Waals surface area contributed by atoms with Crippen molar-refractivity contribution < 1.29 is 4.73 Å². The second-order valence-electron chi connectivity index (χ2n) is 4.99. The van der Waals surface area contributed by atoms with Crippen molar-refractivity contribution in [3.63, 3.8) is 0 Å². The van der Waals surface area contributed by atoms with Crippen molar-refractivity contribution in [3.05, 3.63) is 27.9 Å². The van der Waals surface area contributed by atoms with Gasteiger partial charge in [0.15, 0.2) is 5.15 Å². The highest BCUT2D eigenvalue weighted by Crippen LogP contribution is 2.15. The lowest BCUT2D eigenvalue weighted by molar-refractivity contribution is -0.615. The lowest BCUT2D eigenvalue weighted by atomic mass is 10.1. The average molecular weight is 243 g/mol. The average Bonchev–Trinajstić information content (AvgIpc) is 2.10. The van der Waals surface area contributed by atoms with Crippen LogP contribution in [-0.2, 0) is 12.8 Å². The summed E-state index contributed by atoms with van der Waals surface area (Å²) in [5.74, 6) is 0.870. The molecule has 3 nitrogen and oxygen atoms in total. The number of rotatable bonds is 4. The third kappa shape index (κ3) is 3.63. The van der Waals surface area contributed by atoms with E-state index < -0.39 is 0 Å². The molecule has 1 heterocycles. The van der Waals surface area contributed by atoms with Crippen LogP contribution in [-0.4, -0.2) is 4.98 Å². The predicted octanol–water partition coefficient (Wildman–Crippen LogP) is 2.77. The molecule has 0 amide bonds. The maximum Gasteiger partial charge on any atom is 0.230 e. The molecule has 4 heteroatoms. The fourth-order valence-corrected chi connectivity index (χ4v) is 1.87. The molecule has 0 N–H and O–H groups in total. The van der Waals surface area contributed by atoms with Crippen LogP contribution in [0.1, 0.15) is 39.1 Å². The molecular formula is C12H19ClN2O. The summed E-state index contributed by atoms with van der Waals surface area (Å²) in [6.45, 7) is 8.29. The Kier molecular flexibility index (Phi) is 4.54. The lowest BCUT2D eigenvalue weighted by Gasteiger charge is -2.10. The Morgan fingerprint density at radius 1 is 1.25 bits per heavy atom. The van der Waals surface area contributed by atoms with Gasteiger partial charge in [-0.2, -0.15) is 4.73 Å². The standard InChI is InChI=1S/C12H19ClN2O/c1-8(2)5-10-7-15(16)11(6-9(3)4)12(13)14-10/h7-9H,5-6H2,1-4H3. The zero-order chi connectivity index (χ0) is 12.3. The molecule has 0 radical (unpaired) electrons. The molecule has 0 aliphatic heterocycles. The Labute approximate surface area is 102 Å². The van der Waals surface area contributed by atoms with E-state index in [-0.39, 0.29) is 0 Å². The summed E-state index contributed by atoms with van der Waals surface area (Å²) in [5, 5.41) is 12.1. The van der Waals surface area contributed by atoms with E-state index >= 15 is 0 Å². The molecular weight excluding hydrogens is 224 g/mol. The normalized spacial score (nSPS) is 11.4. The monoisotopic (exact) mass is 242 g/mol. The molecule has 0 spiro atoms. The summed E-state index contributed by atoms with van der Waals surface area (Å²) >= 11 is 6.03. The quantitative estimate of drug-likeness (QED) is 0.602. The SMILES string of the molecule is CC(C)Cc1c[n+]([O-])c(CC(C)C)c(Cl)n1. The summed E-state index contributed by atoms with van der Waals surface area (Å²) in [4.78, 5) is 4.27. The summed E-state index contributed by atoms with van der Waals surface area (Å²) < 4.78 is 0.868. The van der Waals surface area contributed by atoms with Crippen LogP contribution in [0.3, 0.4) is 0 Å². The first kappa shape index (κ1) is 13.2. The van der Waals surface area contributed by atoms with Crippen LogP contribution in [0.5, 0.6) is 0 Å². The molecule has 1 aromatic rings. The Hall–Kier alpha value is -0.830. The topological polar surface area (TPSA) is 39.8 Å². The summed E-state index contributed by atoms with van der Waals surface area (Å²) in [5.41, 5.74) is 1.34. The molecule has 16 heavy (non-hydrogen) atoms. The molecule has 0 atom stereocenters. The van der Waals surface area contributed by atoms with Crippen molar-refractivity contribution in [2.75, 3.05) is 0 Å². The van der Waals surface area contributed by atoms with Gasteiger partial charge in [-0.1, -0.05) is 39.3 Å². The Morgan fingerprint density at radius 3 is 2.25 bits per heavy atom. The van der Waals surface area contributed by atoms with E-state index in [1.165, 1.54) is 0 Å². The maximum absolute atomic E-state index is 11.8. The zero-order valence-electron chi connectivity index (χ0n) is 10.3. The second-order valence-corrected chi connectivity index (χ2v) is 5.35. The van der Waals surface area contributed by atoms with Gasteiger partial charge in [0.1, 0.15) is 5.69 Å². The van der Waals surface area contributed by atoms with Gasteiger partial charge >= 0.3 is 0 Å². The smallest absolute Gasteiger partial charge is 0.230 e. The first-order valence-electron chi connectivity index (χ1n) is 5.67. The van der Waals surface area contributed by atoms with E-state index in [1.54, 1.807) is 6.20 Å². The molecule has 0 saturated carbocycles. The van der Waals surface area contributed by atoms with E-state index in [4.69, 9.17) is 11.6 Å². The molecule has 0 saturated heterocycles. The van der Waals surface area contributed by atoms with Crippen LogP contribution in [0.25, 0.3) is 0 Å². The van der Waals surface area contributed by atoms with Gasteiger partial charge < -0.3 is 5.21 Å². The molecule has 0 unspecified atom stereocenters. The largest absolute Gasteiger partial charge is 0.618 e. The minimum absolute atomic E-state index is 0.349. The van der Waals surface area contributed by atoms with E-state index in [2.05, 4.69) is 32.7 Å². The molecule has 1 rings (SSSR count). The Morgan fingerprint density at radius 2 is 1.81 bits per heavy atom. The van der Waals surface area contributed by atoms with E-state index in [0.717, 1.165) is 16.8 Å². The van der Waals surface area contributed by atoms with Gasteiger partial charge in [-0.3, -0.25) is 0 Å². The fourth-order valence-electron chi connectivity index (χ4n) is 1.60. The molecule has 0 bridgehead atoms. The van der Waals surface area contributed by atoms with Crippen LogP contribution >= 0.6 is 11.6 Å². The number of nitrogens with zero attached hydrogens (tertiary/aromatic N) is 2. The van der Waals surface area contributed by atoms with Gasteiger partial charge in [-0.05, 0) is 18.3 Å². The van der Waals surface area contributed by atoms with Gasteiger partial charge in [0.2, 0.25) is 11.9 Å². The van der Waals surface area contributed by atoms with Crippen molar-refractivity contribution >= 4 is 11.6 Å². The van der Waals surface area contributed by atoms with E-state index in [0.29, 0.717) is 29.1 Å². The van der Waals surface area contributed by atoms with Gasteiger partial charge in [0, 0.05) is 6.42 Å². The van der Waals surface area contributed by atoms with Crippen molar-refractivity contribution in [2.45, 2.75) is 40.5 Å². The lowest BCUT2D eigenvalue weighted by Crippen LogP contribution is -2.34. The third-order valence-electron chi connectivity index (χ3n) is 2.23. The molecule has 0 aliphatic rings. The van der Waals surface area contributed by atoms with E-state index in [1.807, 2.05) is 0 Å². The van der Waals surface area contributed by atoms with Gasteiger partial charge in [-0.25, -0.2) is 4.98 Å². The minimum atomic E-state index is 0.349. The Bertz CT molecular complexity index is 341. The van der Waals surface area contributed by atoms with Crippen molar-refractivity contribution in [1.82, 2.24) is 4.98 Å². The molecule has 0 aromatic carbocycles. The highest BCUT2D eigenvalue weighted by molar-refractivity contribution is 6.29. The van der Waals surface area contributed by atoms with Crippen LogP contribution in [0.15, 0.2) is 6.20 Å². The second kappa shape index (κ2) is 5.48. The summed E-state index contributed by atoms with van der Waals surface area (Å²) in [6.07, 6.45) is 2.99. The maximum atomic E-state index is 11.8. The first-order chi connectivity index (χ1) is 7.40. The van der Waals surface area contributed by atoms with Crippen molar-refractivity contribution in [2.24, 2.45) is 11.8 Å².